The highest BCUT2D eigenvalue weighted by atomic mass is 19.1. The number of guanidine groups is 1. The summed E-state index contributed by atoms with van der Waals surface area (Å²) in [5.41, 5.74) is 1.69. The largest absolute Gasteiger partial charge is 0.494 e. The third kappa shape index (κ3) is 5.29. The van der Waals surface area contributed by atoms with Crippen LogP contribution in [0.4, 0.5) is 4.39 Å². The Balaban J connectivity index is 1.88. The third-order valence-corrected chi connectivity index (χ3v) is 3.30. The summed E-state index contributed by atoms with van der Waals surface area (Å²) in [6, 6.07) is 14.6. The van der Waals surface area contributed by atoms with Crippen molar-refractivity contribution in [1.29, 1.82) is 0 Å². The van der Waals surface area contributed by atoms with Crippen molar-refractivity contribution in [3.8, 4) is 5.75 Å². The highest BCUT2D eigenvalue weighted by Gasteiger charge is 2.03. The summed E-state index contributed by atoms with van der Waals surface area (Å²) in [5, 5.41) is 6.31. The van der Waals surface area contributed by atoms with Crippen LogP contribution in [0.25, 0.3) is 0 Å². The molecule has 0 aliphatic carbocycles. The Bertz CT molecular complexity index is 658. The fourth-order valence-electron chi connectivity index (χ4n) is 2.14. The molecule has 23 heavy (non-hydrogen) atoms. The lowest BCUT2D eigenvalue weighted by atomic mass is 10.2. The highest BCUT2D eigenvalue weighted by molar-refractivity contribution is 5.79. The fourth-order valence-corrected chi connectivity index (χ4v) is 2.14. The molecule has 0 fully saturated rings. The Morgan fingerprint density at radius 3 is 2.61 bits per heavy atom. The van der Waals surface area contributed by atoms with Crippen molar-refractivity contribution in [2.45, 2.75) is 20.0 Å². The van der Waals surface area contributed by atoms with E-state index in [9.17, 15) is 4.39 Å². The second kappa shape index (κ2) is 8.78. The third-order valence-electron chi connectivity index (χ3n) is 3.30. The topological polar surface area (TPSA) is 45.6 Å². The second-order valence-corrected chi connectivity index (χ2v) is 4.95. The highest BCUT2D eigenvalue weighted by Crippen LogP contribution is 2.13. The first-order valence-corrected chi connectivity index (χ1v) is 7.62. The number of halogens is 1. The number of nitrogens with one attached hydrogen (secondary N) is 2. The van der Waals surface area contributed by atoms with Crippen LogP contribution < -0.4 is 15.4 Å². The van der Waals surface area contributed by atoms with Crippen molar-refractivity contribution >= 4 is 5.96 Å². The summed E-state index contributed by atoms with van der Waals surface area (Å²) in [4.78, 5) is 4.15. The Morgan fingerprint density at radius 1 is 1.09 bits per heavy atom. The van der Waals surface area contributed by atoms with Gasteiger partial charge in [-0.1, -0.05) is 30.3 Å². The van der Waals surface area contributed by atoms with Crippen LogP contribution in [0.2, 0.25) is 0 Å². The molecule has 0 atom stereocenters. The number of benzene rings is 2. The molecule has 4 nitrogen and oxygen atoms in total. The van der Waals surface area contributed by atoms with Crippen LogP contribution in [0.1, 0.15) is 18.1 Å². The van der Waals surface area contributed by atoms with Gasteiger partial charge in [-0.15, -0.1) is 0 Å². The van der Waals surface area contributed by atoms with Crippen LogP contribution in [0.3, 0.4) is 0 Å². The smallest absolute Gasteiger partial charge is 0.191 e. The molecule has 0 saturated carbocycles. The van der Waals surface area contributed by atoms with E-state index in [-0.39, 0.29) is 5.82 Å². The second-order valence-electron chi connectivity index (χ2n) is 4.95. The molecule has 0 aliphatic rings. The van der Waals surface area contributed by atoms with Gasteiger partial charge in [-0.3, -0.25) is 4.99 Å². The van der Waals surface area contributed by atoms with E-state index in [4.69, 9.17) is 4.74 Å². The number of ether oxygens (including phenoxy) is 1. The van der Waals surface area contributed by atoms with Crippen LogP contribution in [-0.4, -0.2) is 19.6 Å². The van der Waals surface area contributed by atoms with Crippen LogP contribution in [-0.2, 0) is 13.1 Å². The lowest BCUT2D eigenvalue weighted by molar-refractivity contribution is 0.340. The maximum Gasteiger partial charge on any atom is 0.191 e. The summed E-state index contributed by atoms with van der Waals surface area (Å²) in [5.74, 6) is 1.25. The van der Waals surface area contributed by atoms with Crippen LogP contribution >= 0.6 is 0 Å². The van der Waals surface area contributed by atoms with Gasteiger partial charge in [-0.2, -0.15) is 0 Å². The van der Waals surface area contributed by atoms with Crippen molar-refractivity contribution in [1.82, 2.24) is 10.6 Å². The number of hydrogen-bond acceptors (Lipinski definition) is 2. The van der Waals surface area contributed by atoms with E-state index < -0.39 is 0 Å². The van der Waals surface area contributed by atoms with Gasteiger partial charge in [0.1, 0.15) is 11.6 Å². The predicted octanol–water partition coefficient (Wildman–Crippen LogP) is 3.09. The van der Waals surface area contributed by atoms with E-state index in [1.165, 1.54) is 6.07 Å². The number of aliphatic imine (C=N–C) groups is 1. The molecule has 0 saturated heterocycles. The molecule has 5 heteroatoms. The minimum absolute atomic E-state index is 0.222. The number of rotatable bonds is 6. The monoisotopic (exact) mass is 315 g/mol. The Morgan fingerprint density at radius 2 is 1.87 bits per heavy atom. The van der Waals surface area contributed by atoms with Crippen LogP contribution in [0.5, 0.6) is 5.75 Å². The van der Waals surface area contributed by atoms with Crippen molar-refractivity contribution in [2.75, 3.05) is 13.7 Å². The van der Waals surface area contributed by atoms with Gasteiger partial charge >= 0.3 is 0 Å². The summed E-state index contributed by atoms with van der Waals surface area (Å²) in [6.45, 7) is 3.59. The van der Waals surface area contributed by atoms with Gasteiger partial charge in [0.05, 0.1) is 6.61 Å². The molecule has 2 aromatic rings. The van der Waals surface area contributed by atoms with Gasteiger partial charge in [0, 0.05) is 25.7 Å². The van der Waals surface area contributed by atoms with Crippen molar-refractivity contribution in [3.05, 3.63) is 65.5 Å². The Labute approximate surface area is 136 Å². The quantitative estimate of drug-likeness (QED) is 0.636. The molecule has 2 N–H and O–H groups in total. The maximum absolute atomic E-state index is 13.6. The summed E-state index contributed by atoms with van der Waals surface area (Å²) < 4.78 is 19.1. The van der Waals surface area contributed by atoms with Gasteiger partial charge in [0.25, 0.3) is 0 Å². The minimum Gasteiger partial charge on any atom is -0.494 e. The molecule has 122 valence electrons. The van der Waals surface area contributed by atoms with Crippen molar-refractivity contribution in [2.24, 2.45) is 4.99 Å². The SMILES string of the molecule is CCOc1cccc(CNC(=NC)NCc2ccccc2F)c1. The number of nitrogens with zero attached hydrogens (tertiary/aromatic N) is 1. The van der Waals surface area contributed by atoms with E-state index in [1.807, 2.05) is 37.3 Å². The van der Waals surface area contributed by atoms with E-state index in [0.717, 1.165) is 11.3 Å². The first kappa shape index (κ1) is 16.8. The Kier molecular flexibility index (Phi) is 6.41. The zero-order chi connectivity index (χ0) is 16.5. The molecule has 2 rings (SSSR count). The van der Waals surface area contributed by atoms with Gasteiger partial charge in [-0.25, -0.2) is 4.39 Å². The fraction of sp³-hybridized carbons (Fsp3) is 0.278. The minimum atomic E-state index is -0.222. The van der Waals surface area contributed by atoms with E-state index in [0.29, 0.717) is 31.2 Å². The zero-order valence-corrected chi connectivity index (χ0v) is 13.5. The summed E-state index contributed by atoms with van der Waals surface area (Å²) >= 11 is 0. The van der Waals surface area contributed by atoms with E-state index in [1.54, 1.807) is 19.2 Å². The molecular formula is C18H22FN3O. The van der Waals surface area contributed by atoms with Gasteiger partial charge < -0.3 is 15.4 Å². The van der Waals surface area contributed by atoms with E-state index in [2.05, 4.69) is 15.6 Å². The van der Waals surface area contributed by atoms with Crippen molar-refractivity contribution < 1.29 is 9.13 Å². The molecule has 2 aromatic carbocycles. The van der Waals surface area contributed by atoms with Gasteiger partial charge in [0.15, 0.2) is 5.96 Å². The van der Waals surface area contributed by atoms with Crippen LogP contribution in [0, 0.1) is 5.82 Å². The average Bonchev–Trinajstić information content (AvgIpc) is 2.57. The lowest BCUT2D eigenvalue weighted by Crippen LogP contribution is -2.36. The Hall–Kier alpha value is -2.56. The first-order valence-electron chi connectivity index (χ1n) is 7.62. The summed E-state index contributed by atoms with van der Waals surface area (Å²) in [6.07, 6.45) is 0. The lowest BCUT2D eigenvalue weighted by Gasteiger charge is -2.13. The van der Waals surface area contributed by atoms with Gasteiger partial charge in [0.2, 0.25) is 0 Å². The molecule has 0 unspecified atom stereocenters. The van der Waals surface area contributed by atoms with Gasteiger partial charge in [-0.05, 0) is 30.7 Å². The molecule has 0 bridgehead atoms. The first-order chi connectivity index (χ1) is 11.2. The molecule has 0 heterocycles. The summed E-state index contributed by atoms with van der Waals surface area (Å²) in [7, 11) is 1.69. The molecule has 0 radical (unpaired) electrons. The number of hydrogen-bond donors (Lipinski definition) is 2. The molecule has 0 aromatic heterocycles. The standard InChI is InChI=1S/C18H22FN3O/c1-3-23-16-9-6-7-14(11-16)12-21-18(20-2)22-13-15-8-4-5-10-17(15)19/h4-11H,3,12-13H2,1-2H3,(H2,20,21,22). The molecule has 0 aliphatic heterocycles. The molecule has 0 spiro atoms. The molecule has 0 amide bonds. The van der Waals surface area contributed by atoms with E-state index >= 15 is 0 Å². The predicted molar refractivity (Wildman–Crippen MR) is 91.0 cm³/mol. The average molecular weight is 315 g/mol. The molecular weight excluding hydrogens is 293 g/mol. The normalized spacial score (nSPS) is 11.2. The maximum atomic E-state index is 13.6. The zero-order valence-electron chi connectivity index (χ0n) is 13.5. The van der Waals surface area contributed by atoms with Crippen molar-refractivity contribution in [3.63, 3.8) is 0 Å². The van der Waals surface area contributed by atoms with Crippen LogP contribution in [0.15, 0.2) is 53.5 Å².